The van der Waals surface area contributed by atoms with Crippen molar-refractivity contribution in [2.45, 2.75) is 44.4 Å². The summed E-state index contributed by atoms with van der Waals surface area (Å²) in [4.78, 5) is 29.1. The van der Waals surface area contributed by atoms with E-state index in [1.807, 2.05) is 11.4 Å². The molecule has 0 amide bonds. The van der Waals surface area contributed by atoms with Gasteiger partial charge >= 0.3 is 5.97 Å². The van der Waals surface area contributed by atoms with Crippen molar-refractivity contribution in [3.05, 3.63) is 46.7 Å². The highest BCUT2D eigenvalue weighted by atomic mass is 35.5. The van der Waals surface area contributed by atoms with Crippen molar-refractivity contribution in [3.63, 3.8) is 0 Å². The minimum atomic E-state index is -2.91. The number of carbonyl (C=O) groups is 1. The van der Waals surface area contributed by atoms with E-state index in [1.54, 1.807) is 18.2 Å². The number of thiophene rings is 1. The lowest BCUT2D eigenvalue weighted by Crippen LogP contribution is -2.50. The third-order valence-corrected chi connectivity index (χ3v) is 9.01. The van der Waals surface area contributed by atoms with Gasteiger partial charge in [0.15, 0.2) is 5.82 Å². The Labute approximate surface area is 232 Å². The molecule has 0 aliphatic carbocycles. The van der Waals surface area contributed by atoms with Crippen LogP contribution in [0.5, 0.6) is 5.88 Å². The van der Waals surface area contributed by atoms with Gasteiger partial charge in [-0.15, -0.1) is 11.3 Å². The van der Waals surface area contributed by atoms with Crippen LogP contribution in [0.25, 0.3) is 10.6 Å². The number of carboxylic acids is 1. The van der Waals surface area contributed by atoms with Gasteiger partial charge in [0.25, 0.3) is 6.43 Å². The van der Waals surface area contributed by atoms with E-state index in [2.05, 4.69) is 26.8 Å². The SMILES string of the molecule is CC1N(c2cc(Cl)cnc2O[C@H]2C[C@@H](C(=O)O)N(c3cc(-c4cccs4)nc(C(F)F)n3)C2)CCC12COC2. The Bertz CT molecular complexity index is 1380. The van der Waals surface area contributed by atoms with Gasteiger partial charge < -0.3 is 24.4 Å². The van der Waals surface area contributed by atoms with Crippen molar-refractivity contribution >= 4 is 40.4 Å². The van der Waals surface area contributed by atoms with E-state index in [9.17, 15) is 18.7 Å². The Morgan fingerprint density at radius 2 is 2.13 bits per heavy atom. The van der Waals surface area contributed by atoms with Crippen molar-refractivity contribution in [2.75, 3.05) is 36.1 Å². The van der Waals surface area contributed by atoms with E-state index >= 15 is 0 Å². The fourth-order valence-corrected chi connectivity index (χ4v) is 6.48. The molecule has 3 fully saturated rings. The summed E-state index contributed by atoms with van der Waals surface area (Å²) < 4.78 is 39.2. The number of aliphatic carboxylic acids is 1. The number of ether oxygens (including phenoxy) is 2. The minimum absolute atomic E-state index is 0.0911. The van der Waals surface area contributed by atoms with Crippen LogP contribution in [0.1, 0.15) is 32.0 Å². The molecule has 3 atom stereocenters. The molecule has 3 aliphatic rings. The zero-order chi connectivity index (χ0) is 27.3. The topological polar surface area (TPSA) is 101 Å². The molecule has 3 aliphatic heterocycles. The maximum Gasteiger partial charge on any atom is 0.326 e. The largest absolute Gasteiger partial charge is 0.480 e. The molecule has 1 unspecified atom stereocenters. The van der Waals surface area contributed by atoms with Gasteiger partial charge in [-0.05, 0) is 30.9 Å². The minimum Gasteiger partial charge on any atom is -0.480 e. The number of halogens is 3. The lowest BCUT2D eigenvalue weighted by atomic mass is 9.79. The van der Waals surface area contributed by atoms with Crippen molar-refractivity contribution in [1.29, 1.82) is 0 Å². The molecule has 3 aromatic heterocycles. The first-order chi connectivity index (χ1) is 18.7. The first-order valence-electron chi connectivity index (χ1n) is 12.6. The second kappa shape index (κ2) is 10.1. The Hall–Kier alpha value is -3.09. The molecule has 3 aromatic rings. The van der Waals surface area contributed by atoms with Crippen LogP contribution in [0.15, 0.2) is 35.8 Å². The van der Waals surface area contributed by atoms with Gasteiger partial charge in [-0.25, -0.2) is 28.5 Å². The van der Waals surface area contributed by atoms with Gasteiger partial charge in [-0.1, -0.05) is 17.7 Å². The summed E-state index contributed by atoms with van der Waals surface area (Å²) in [6.45, 7) is 4.48. The number of nitrogens with zero attached hydrogens (tertiary/aromatic N) is 5. The quantitative estimate of drug-likeness (QED) is 0.419. The predicted octanol–water partition coefficient (Wildman–Crippen LogP) is 4.92. The Morgan fingerprint density at radius 1 is 1.31 bits per heavy atom. The molecule has 6 heterocycles. The van der Waals surface area contributed by atoms with Gasteiger partial charge in [0.05, 0.1) is 35.4 Å². The zero-order valence-electron chi connectivity index (χ0n) is 21.0. The van der Waals surface area contributed by atoms with E-state index in [-0.39, 0.29) is 30.2 Å². The average Bonchev–Trinajstić information content (AvgIpc) is 3.63. The number of aromatic nitrogens is 3. The lowest BCUT2D eigenvalue weighted by Gasteiger charge is -2.43. The third-order valence-electron chi connectivity index (χ3n) is 7.91. The number of pyridine rings is 1. The smallest absolute Gasteiger partial charge is 0.326 e. The first kappa shape index (κ1) is 26.1. The van der Waals surface area contributed by atoms with Crippen molar-refractivity contribution < 1.29 is 28.2 Å². The highest BCUT2D eigenvalue weighted by molar-refractivity contribution is 7.13. The van der Waals surface area contributed by atoms with Crippen LogP contribution < -0.4 is 14.5 Å². The summed E-state index contributed by atoms with van der Waals surface area (Å²) in [6, 6.07) is 6.08. The number of alkyl halides is 2. The van der Waals surface area contributed by atoms with Crippen molar-refractivity contribution in [2.24, 2.45) is 5.41 Å². The van der Waals surface area contributed by atoms with Crippen LogP contribution >= 0.6 is 22.9 Å². The van der Waals surface area contributed by atoms with Crippen molar-refractivity contribution in [1.82, 2.24) is 15.0 Å². The fraction of sp³-hybridized carbons (Fsp3) is 0.462. The lowest BCUT2D eigenvalue weighted by molar-refractivity contribution is -0.138. The third kappa shape index (κ3) is 4.78. The van der Waals surface area contributed by atoms with E-state index in [0.717, 1.165) is 18.7 Å². The Morgan fingerprint density at radius 3 is 2.77 bits per heavy atom. The van der Waals surface area contributed by atoms with Crippen LogP contribution in [0.2, 0.25) is 5.02 Å². The van der Waals surface area contributed by atoms with Gasteiger partial charge in [0, 0.05) is 36.7 Å². The molecule has 0 radical (unpaired) electrons. The van der Waals surface area contributed by atoms with Gasteiger partial charge in [0.1, 0.15) is 23.7 Å². The first-order valence-corrected chi connectivity index (χ1v) is 13.9. The standard InChI is InChI=1S/C26H26ClF2N5O4S/c1-14-26(12-37-13-26)4-5-33(14)18-7-15(27)10-30-24(18)38-16-8-19(25(35)36)34(11-16)21-9-17(20-3-2-6-39-20)31-23(32-21)22(28)29/h2-3,6-7,9-10,14,16,19,22H,4-5,8,11-13H2,1H3,(H,35,36)/t14?,16-,19-/m0/s1. The summed E-state index contributed by atoms with van der Waals surface area (Å²) in [5.41, 5.74) is 1.15. The van der Waals surface area contributed by atoms with Crippen LogP contribution in [-0.2, 0) is 9.53 Å². The molecule has 9 nitrogen and oxygen atoms in total. The predicted molar refractivity (Wildman–Crippen MR) is 142 cm³/mol. The Kier molecular flexibility index (Phi) is 6.80. The number of carboxylic acid groups (broad SMARTS) is 1. The van der Waals surface area contributed by atoms with Gasteiger partial charge in [0.2, 0.25) is 5.88 Å². The fourth-order valence-electron chi connectivity index (χ4n) is 5.64. The monoisotopic (exact) mass is 577 g/mol. The maximum atomic E-state index is 13.7. The summed E-state index contributed by atoms with van der Waals surface area (Å²) in [5.74, 6) is -1.27. The molecule has 206 valence electrons. The molecule has 3 saturated heterocycles. The average molecular weight is 578 g/mol. The summed E-state index contributed by atoms with van der Waals surface area (Å²) in [5, 5.41) is 12.3. The zero-order valence-corrected chi connectivity index (χ0v) is 22.5. The van der Waals surface area contributed by atoms with Crippen LogP contribution in [0, 0.1) is 5.41 Å². The second-order valence-corrected chi connectivity index (χ2v) is 11.6. The molecule has 1 spiro atoms. The Balaban J connectivity index is 1.29. The molecule has 6 rings (SSSR count). The van der Waals surface area contributed by atoms with Crippen LogP contribution in [0.3, 0.4) is 0 Å². The molecule has 13 heteroatoms. The normalized spacial score (nSPS) is 24.0. The summed E-state index contributed by atoms with van der Waals surface area (Å²) in [6.07, 6.45) is -0.890. The number of hydrogen-bond donors (Lipinski definition) is 1. The second-order valence-electron chi connectivity index (χ2n) is 10.2. The van der Waals surface area contributed by atoms with Crippen LogP contribution in [0.4, 0.5) is 20.3 Å². The molecular formula is C26H26ClF2N5O4S. The number of rotatable bonds is 7. The molecule has 39 heavy (non-hydrogen) atoms. The highest BCUT2D eigenvalue weighted by Crippen LogP contribution is 2.47. The molecule has 0 saturated carbocycles. The number of hydrogen-bond acceptors (Lipinski definition) is 9. The number of anilines is 2. The molecular weight excluding hydrogens is 552 g/mol. The summed E-state index contributed by atoms with van der Waals surface area (Å²) >= 11 is 7.67. The van der Waals surface area contributed by atoms with Crippen LogP contribution in [-0.4, -0.2) is 70.5 Å². The van der Waals surface area contributed by atoms with E-state index in [0.29, 0.717) is 34.7 Å². The molecule has 0 aromatic carbocycles. The van der Waals surface area contributed by atoms with E-state index < -0.39 is 30.4 Å². The highest BCUT2D eigenvalue weighted by Gasteiger charge is 2.51. The van der Waals surface area contributed by atoms with E-state index in [4.69, 9.17) is 21.1 Å². The molecule has 0 bridgehead atoms. The van der Waals surface area contributed by atoms with Gasteiger partial charge in [-0.2, -0.15) is 0 Å². The maximum absolute atomic E-state index is 13.7. The van der Waals surface area contributed by atoms with Gasteiger partial charge in [-0.3, -0.25) is 0 Å². The van der Waals surface area contributed by atoms with Crippen molar-refractivity contribution in [3.8, 4) is 16.5 Å². The molecule has 1 N–H and O–H groups in total. The summed E-state index contributed by atoms with van der Waals surface area (Å²) in [7, 11) is 0. The van der Waals surface area contributed by atoms with E-state index in [1.165, 1.54) is 22.4 Å².